The molecule has 1 aliphatic heterocycles. The van der Waals surface area contributed by atoms with Crippen LogP contribution in [0.4, 0.5) is 0 Å². The molecular weight excluding hydrogens is 322 g/mol. The first-order valence-electron chi connectivity index (χ1n) is 8.80. The highest BCUT2D eigenvalue weighted by Crippen LogP contribution is 2.34. The van der Waals surface area contributed by atoms with Crippen LogP contribution in [0.5, 0.6) is 11.5 Å². The van der Waals surface area contributed by atoms with Gasteiger partial charge in [0.2, 0.25) is 5.89 Å². The lowest BCUT2D eigenvalue weighted by Crippen LogP contribution is -2.27. The van der Waals surface area contributed by atoms with Gasteiger partial charge in [-0.2, -0.15) is 4.98 Å². The fourth-order valence-electron chi connectivity index (χ4n) is 3.34. The number of nitrogens with one attached hydrogen (secondary N) is 1. The monoisotopic (exact) mass is 343 g/mol. The van der Waals surface area contributed by atoms with Crippen molar-refractivity contribution in [2.45, 2.75) is 38.0 Å². The summed E-state index contributed by atoms with van der Waals surface area (Å²) in [4.78, 5) is 16.9. The molecule has 0 saturated heterocycles. The number of fused-ring (bicyclic) bond motifs is 1. The van der Waals surface area contributed by atoms with Crippen molar-refractivity contribution in [1.82, 2.24) is 15.5 Å². The molecule has 0 radical (unpaired) electrons. The van der Waals surface area contributed by atoms with Gasteiger partial charge in [-0.3, -0.25) is 4.79 Å². The van der Waals surface area contributed by atoms with Crippen LogP contribution in [0.15, 0.2) is 22.7 Å². The number of benzene rings is 1. The maximum Gasteiger partial charge on any atom is 0.255 e. The van der Waals surface area contributed by atoms with Crippen LogP contribution in [-0.4, -0.2) is 35.8 Å². The Hall–Kier alpha value is -2.57. The number of hydrogen-bond acceptors (Lipinski definition) is 6. The van der Waals surface area contributed by atoms with Crippen LogP contribution < -0.4 is 14.8 Å². The molecule has 2 heterocycles. The number of nitrogens with zero attached hydrogens (tertiary/aromatic N) is 2. The van der Waals surface area contributed by atoms with E-state index < -0.39 is 0 Å². The molecule has 0 atom stereocenters. The van der Waals surface area contributed by atoms with E-state index in [-0.39, 0.29) is 5.91 Å². The Kier molecular flexibility index (Phi) is 4.54. The first-order valence-corrected chi connectivity index (χ1v) is 8.80. The van der Waals surface area contributed by atoms with Gasteiger partial charge in [0.1, 0.15) is 13.2 Å². The maximum absolute atomic E-state index is 12.4. The molecule has 1 N–H and O–H groups in total. The van der Waals surface area contributed by atoms with E-state index in [0.29, 0.717) is 55.0 Å². The molecule has 2 aromatic rings. The van der Waals surface area contributed by atoms with Crippen LogP contribution in [0.25, 0.3) is 0 Å². The van der Waals surface area contributed by atoms with E-state index in [0.717, 1.165) is 18.7 Å². The number of para-hydroxylation sites is 1. The fourth-order valence-corrected chi connectivity index (χ4v) is 3.34. The van der Waals surface area contributed by atoms with Gasteiger partial charge < -0.3 is 19.3 Å². The van der Waals surface area contributed by atoms with Gasteiger partial charge in [0.05, 0.1) is 5.56 Å². The second-order valence-corrected chi connectivity index (χ2v) is 6.37. The van der Waals surface area contributed by atoms with Gasteiger partial charge in [0, 0.05) is 18.9 Å². The second kappa shape index (κ2) is 7.13. The van der Waals surface area contributed by atoms with E-state index in [1.54, 1.807) is 18.2 Å². The first kappa shape index (κ1) is 15.9. The molecule has 1 fully saturated rings. The minimum absolute atomic E-state index is 0.193. The standard InChI is InChI=1S/C18H21N3O4/c22-17(13-6-3-7-14-16(13)24-11-10-23-14)19-9-8-15-20-18(25-21-15)12-4-1-2-5-12/h3,6-7,12H,1-2,4-5,8-11H2,(H,19,22). The van der Waals surface area contributed by atoms with E-state index in [1.165, 1.54) is 12.8 Å². The molecule has 132 valence electrons. The lowest BCUT2D eigenvalue weighted by molar-refractivity contribution is 0.0942. The topological polar surface area (TPSA) is 86.5 Å². The number of rotatable bonds is 5. The van der Waals surface area contributed by atoms with Crippen molar-refractivity contribution in [3.05, 3.63) is 35.5 Å². The Labute approximate surface area is 145 Å². The summed E-state index contributed by atoms with van der Waals surface area (Å²) in [5.74, 6) is 2.71. The van der Waals surface area contributed by atoms with Crippen molar-refractivity contribution < 1.29 is 18.8 Å². The highest BCUT2D eigenvalue weighted by atomic mass is 16.6. The Morgan fingerprint density at radius 2 is 2.04 bits per heavy atom. The summed E-state index contributed by atoms with van der Waals surface area (Å²) in [5.41, 5.74) is 0.483. The highest BCUT2D eigenvalue weighted by molar-refractivity contribution is 5.97. The van der Waals surface area contributed by atoms with Gasteiger partial charge in [-0.05, 0) is 25.0 Å². The number of aromatic nitrogens is 2. The van der Waals surface area contributed by atoms with Crippen molar-refractivity contribution in [2.24, 2.45) is 0 Å². The molecule has 2 aliphatic rings. The summed E-state index contributed by atoms with van der Waals surface area (Å²) in [6.45, 7) is 1.39. The van der Waals surface area contributed by atoms with Crippen LogP contribution >= 0.6 is 0 Å². The molecule has 1 aromatic heterocycles. The zero-order valence-corrected chi connectivity index (χ0v) is 14.0. The summed E-state index contributed by atoms with van der Waals surface area (Å²) in [7, 11) is 0. The minimum Gasteiger partial charge on any atom is -0.486 e. The van der Waals surface area contributed by atoms with Crippen LogP contribution in [0.2, 0.25) is 0 Å². The number of hydrogen-bond donors (Lipinski definition) is 1. The van der Waals surface area contributed by atoms with E-state index in [1.807, 2.05) is 0 Å². The summed E-state index contributed by atoms with van der Waals surface area (Å²) >= 11 is 0. The van der Waals surface area contributed by atoms with Crippen molar-refractivity contribution >= 4 is 5.91 Å². The summed E-state index contributed by atoms with van der Waals surface area (Å²) in [6, 6.07) is 5.32. The smallest absolute Gasteiger partial charge is 0.255 e. The number of ether oxygens (including phenoxy) is 2. The van der Waals surface area contributed by atoms with Gasteiger partial charge in [-0.1, -0.05) is 24.1 Å². The molecule has 7 nitrogen and oxygen atoms in total. The van der Waals surface area contributed by atoms with Gasteiger partial charge >= 0.3 is 0 Å². The number of carbonyl (C=O) groups is 1. The normalized spacial score (nSPS) is 16.8. The van der Waals surface area contributed by atoms with E-state index in [2.05, 4.69) is 15.5 Å². The van der Waals surface area contributed by atoms with Gasteiger partial charge in [-0.15, -0.1) is 0 Å². The van der Waals surface area contributed by atoms with Crippen LogP contribution in [0, 0.1) is 0 Å². The average molecular weight is 343 g/mol. The van der Waals surface area contributed by atoms with Crippen molar-refractivity contribution in [3.8, 4) is 11.5 Å². The van der Waals surface area contributed by atoms with Gasteiger partial charge in [-0.25, -0.2) is 0 Å². The zero-order valence-electron chi connectivity index (χ0n) is 14.0. The second-order valence-electron chi connectivity index (χ2n) is 6.37. The lowest BCUT2D eigenvalue weighted by Gasteiger charge is -2.20. The van der Waals surface area contributed by atoms with Crippen LogP contribution in [-0.2, 0) is 6.42 Å². The quantitative estimate of drug-likeness (QED) is 0.897. The Bertz CT molecular complexity index is 753. The average Bonchev–Trinajstić information content (AvgIpc) is 3.32. The molecule has 1 saturated carbocycles. The number of amides is 1. The molecule has 4 rings (SSSR count). The summed E-state index contributed by atoms with van der Waals surface area (Å²) in [5, 5.41) is 6.90. The fraction of sp³-hybridized carbons (Fsp3) is 0.500. The molecule has 1 amide bonds. The van der Waals surface area contributed by atoms with Gasteiger partial charge in [0.25, 0.3) is 5.91 Å². The van der Waals surface area contributed by atoms with Gasteiger partial charge in [0.15, 0.2) is 17.3 Å². The Morgan fingerprint density at radius 3 is 2.92 bits per heavy atom. The largest absolute Gasteiger partial charge is 0.486 e. The third kappa shape index (κ3) is 3.45. The third-order valence-corrected chi connectivity index (χ3v) is 4.63. The molecule has 0 unspecified atom stereocenters. The Morgan fingerprint density at radius 1 is 1.20 bits per heavy atom. The van der Waals surface area contributed by atoms with Crippen molar-refractivity contribution in [1.29, 1.82) is 0 Å². The molecule has 7 heteroatoms. The predicted molar refractivity (Wildman–Crippen MR) is 89.0 cm³/mol. The van der Waals surface area contributed by atoms with E-state index in [9.17, 15) is 4.79 Å². The third-order valence-electron chi connectivity index (χ3n) is 4.63. The maximum atomic E-state index is 12.4. The summed E-state index contributed by atoms with van der Waals surface area (Å²) in [6.07, 6.45) is 5.24. The lowest BCUT2D eigenvalue weighted by atomic mass is 10.1. The van der Waals surface area contributed by atoms with Crippen LogP contribution in [0.3, 0.4) is 0 Å². The molecular formula is C18H21N3O4. The molecule has 25 heavy (non-hydrogen) atoms. The molecule has 0 spiro atoms. The zero-order chi connectivity index (χ0) is 17.1. The van der Waals surface area contributed by atoms with Crippen molar-refractivity contribution in [2.75, 3.05) is 19.8 Å². The minimum atomic E-state index is -0.193. The van der Waals surface area contributed by atoms with E-state index in [4.69, 9.17) is 14.0 Å². The SMILES string of the molecule is O=C(NCCc1noc(C2CCCC2)n1)c1cccc2c1OCCO2. The molecule has 1 aliphatic carbocycles. The number of carbonyl (C=O) groups excluding carboxylic acids is 1. The highest BCUT2D eigenvalue weighted by Gasteiger charge is 2.23. The molecule has 0 bridgehead atoms. The van der Waals surface area contributed by atoms with Crippen molar-refractivity contribution in [3.63, 3.8) is 0 Å². The Balaban J connectivity index is 1.33. The summed E-state index contributed by atoms with van der Waals surface area (Å²) < 4.78 is 16.4. The molecule has 1 aromatic carbocycles. The predicted octanol–water partition coefficient (Wildman–Crippen LogP) is 2.47. The first-order chi connectivity index (χ1) is 12.3. The van der Waals surface area contributed by atoms with E-state index >= 15 is 0 Å². The van der Waals surface area contributed by atoms with Crippen LogP contribution in [0.1, 0.15) is 53.7 Å².